The third-order valence-electron chi connectivity index (χ3n) is 4.42. The lowest BCUT2D eigenvalue weighted by Gasteiger charge is -2.29. The van der Waals surface area contributed by atoms with Gasteiger partial charge in [0, 0.05) is 13.1 Å². The number of rotatable bonds is 7. The molecule has 0 saturated carbocycles. The van der Waals surface area contributed by atoms with Crippen molar-refractivity contribution in [2.24, 2.45) is 0 Å². The summed E-state index contributed by atoms with van der Waals surface area (Å²) in [5, 5.41) is 10.1. The van der Waals surface area contributed by atoms with Crippen LogP contribution in [0.25, 0.3) is 0 Å². The Balaban J connectivity index is 2.36. The molecule has 130 valence electrons. The summed E-state index contributed by atoms with van der Waals surface area (Å²) in [7, 11) is 0. The van der Waals surface area contributed by atoms with Gasteiger partial charge in [-0.25, -0.2) is 4.39 Å². The number of halogens is 1. The number of nitrogens with zero attached hydrogens (tertiary/aromatic N) is 2. The van der Waals surface area contributed by atoms with Crippen LogP contribution in [0.4, 0.5) is 4.39 Å². The molecule has 0 fully saturated rings. The minimum atomic E-state index is -0.675. The maximum absolute atomic E-state index is 13.2. The van der Waals surface area contributed by atoms with Crippen LogP contribution in [0.2, 0.25) is 0 Å². The fourth-order valence-corrected chi connectivity index (χ4v) is 3.02. The average Bonchev–Trinajstić information content (AvgIpc) is 2.81. The van der Waals surface area contributed by atoms with Gasteiger partial charge in [0.25, 0.3) is 5.91 Å². The first-order valence-electron chi connectivity index (χ1n) is 8.13. The summed E-state index contributed by atoms with van der Waals surface area (Å²) in [4.78, 5) is 28.0. The zero-order valence-electron chi connectivity index (χ0n) is 14.3. The van der Waals surface area contributed by atoms with Crippen LogP contribution in [0, 0.1) is 5.82 Å². The van der Waals surface area contributed by atoms with E-state index in [0.717, 1.165) is 13.1 Å². The normalized spacial score (nSPS) is 18.0. The molecule has 1 aliphatic heterocycles. The topological polar surface area (TPSA) is 60.9 Å². The molecule has 0 aliphatic carbocycles. The summed E-state index contributed by atoms with van der Waals surface area (Å²) < 4.78 is 13.2. The Morgan fingerprint density at radius 2 is 1.83 bits per heavy atom. The van der Waals surface area contributed by atoms with Gasteiger partial charge in [-0.1, -0.05) is 26.0 Å². The van der Waals surface area contributed by atoms with Gasteiger partial charge in [-0.3, -0.25) is 9.59 Å². The van der Waals surface area contributed by atoms with E-state index in [0.29, 0.717) is 18.7 Å². The molecule has 5 nitrogen and oxygen atoms in total. The Bertz CT molecular complexity index is 651. The lowest BCUT2D eigenvalue weighted by atomic mass is 9.97. The number of ketones is 1. The van der Waals surface area contributed by atoms with E-state index < -0.39 is 23.5 Å². The number of aliphatic hydroxyl groups excluding tert-OH is 1. The zero-order chi connectivity index (χ0) is 17.9. The van der Waals surface area contributed by atoms with Crippen LogP contribution < -0.4 is 0 Å². The highest BCUT2D eigenvalue weighted by atomic mass is 19.1. The third kappa shape index (κ3) is 3.48. The van der Waals surface area contributed by atoms with Gasteiger partial charge in [0.05, 0.1) is 11.6 Å². The van der Waals surface area contributed by atoms with E-state index in [4.69, 9.17) is 0 Å². The van der Waals surface area contributed by atoms with E-state index in [1.807, 2.05) is 13.8 Å². The van der Waals surface area contributed by atoms with Gasteiger partial charge < -0.3 is 14.9 Å². The van der Waals surface area contributed by atoms with Crippen LogP contribution in [0.5, 0.6) is 0 Å². The molecule has 1 aliphatic rings. The van der Waals surface area contributed by atoms with Crippen LogP contribution in [0.15, 0.2) is 35.6 Å². The standard InChI is InChI=1S/C18H23FN2O3/c1-4-20(5-2)10-11-21-16(13-6-8-14(19)9-7-13)15(12(3)22)17(23)18(21)24/h6-9,16,23H,4-5,10-11H2,1-3H3/t16-/m1/s1. The molecule has 6 heteroatoms. The largest absolute Gasteiger partial charge is 0.503 e. The second-order valence-corrected chi connectivity index (χ2v) is 5.80. The Hall–Kier alpha value is -2.21. The van der Waals surface area contributed by atoms with Crippen molar-refractivity contribution in [1.82, 2.24) is 9.80 Å². The highest BCUT2D eigenvalue weighted by Crippen LogP contribution is 2.37. The number of benzene rings is 1. The number of amides is 1. The summed E-state index contributed by atoms with van der Waals surface area (Å²) in [5.41, 5.74) is 0.685. The minimum Gasteiger partial charge on any atom is -0.503 e. The van der Waals surface area contributed by atoms with Gasteiger partial charge >= 0.3 is 0 Å². The fraction of sp³-hybridized carbons (Fsp3) is 0.444. The van der Waals surface area contributed by atoms with E-state index in [-0.39, 0.29) is 11.4 Å². The Kier molecular flexibility index (Phi) is 5.72. The van der Waals surface area contributed by atoms with Gasteiger partial charge in [-0.05, 0) is 37.7 Å². The molecule has 24 heavy (non-hydrogen) atoms. The average molecular weight is 334 g/mol. The van der Waals surface area contributed by atoms with Gasteiger partial charge in [0.15, 0.2) is 11.5 Å². The second kappa shape index (κ2) is 7.57. The van der Waals surface area contributed by atoms with Crippen molar-refractivity contribution in [3.05, 3.63) is 47.0 Å². The summed E-state index contributed by atoms with van der Waals surface area (Å²) >= 11 is 0. The summed E-state index contributed by atoms with van der Waals surface area (Å²) in [6.45, 7) is 8.09. The number of likely N-dealkylation sites (N-methyl/N-ethyl adjacent to an activating group) is 1. The van der Waals surface area contributed by atoms with Crippen LogP contribution in [-0.4, -0.2) is 52.8 Å². The first kappa shape index (κ1) is 18.1. The second-order valence-electron chi connectivity index (χ2n) is 5.80. The third-order valence-corrected chi connectivity index (χ3v) is 4.42. The first-order chi connectivity index (χ1) is 11.4. The molecule has 0 aromatic heterocycles. The maximum atomic E-state index is 13.2. The maximum Gasteiger partial charge on any atom is 0.290 e. The Morgan fingerprint density at radius 3 is 2.33 bits per heavy atom. The molecule has 0 saturated heterocycles. The first-order valence-corrected chi connectivity index (χ1v) is 8.13. The van der Waals surface area contributed by atoms with E-state index in [9.17, 15) is 19.1 Å². The fourth-order valence-electron chi connectivity index (χ4n) is 3.02. The molecule has 1 aromatic carbocycles. The lowest BCUT2D eigenvalue weighted by molar-refractivity contribution is -0.129. The molecular weight excluding hydrogens is 311 g/mol. The van der Waals surface area contributed by atoms with Crippen LogP contribution in [0.1, 0.15) is 32.4 Å². The van der Waals surface area contributed by atoms with Crippen molar-refractivity contribution in [3.63, 3.8) is 0 Å². The van der Waals surface area contributed by atoms with Gasteiger partial charge in [0.1, 0.15) is 5.82 Å². The van der Waals surface area contributed by atoms with E-state index in [2.05, 4.69) is 4.90 Å². The monoisotopic (exact) mass is 334 g/mol. The number of aliphatic hydroxyl groups is 1. The number of carbonyl (C=O) groups is 2. The molecule has 1 N–H and O–H groups in total. The van der Waals surface area contributed by atoms with E-state index >= 15 is 0 Å². The van der Waals surface area contributed by atoms with Gasteiger partial charge in [-0.15, -0.1) is 0 Å². The number of Topliss-reactive ketones (excluding diaryl/α,β-unsaturated/α-hetero) is 1. The minimum absolute atomic E-state index is 0.0751. The molecule has 0 spiro atoms. The van der Waals surface area contributed by atoms with Crippen molar-refractivity contribution in [2.75, 3.05) is 26.2 Å². The van der Waals surface area contributed by atoms with E-state index in [1.54, 1.807) is 12.1 Å². The van der Waals surface area contributed by atoms with Crippen LogP contribution >= 0.6 is 0 Å². The summed E-state index contributed by atoms with van der Waals surface area (Å²) in [6.07, 6.45) is 0. The molecule has 0 radical (unpaired) electrons. The smallest absolute Gasteiger partial charge is 0.290 e. The molecule has 0 bridgehead atoms. The van der Waals surface area contributed by atoms with Crippen LogP contribution in [-0.2, 0) is 9.59 Å². The highest BCUT2D eigenvalue weighted by Gasteiger charge is 2.42. The van der Waals surface area contributed by atoms with E-state index in [1.165, 1.54) is 24.0 Å². The summed E-state index contributed by atoms with van der Waals surface area (Å²) in [5.74, 6) is -1.81. The molecule has 1 amide bonds. The molecule has 1 heterocycles. The van der Waals surface area contributed by atoms with Crippen molar-refractivity contribution in [2.45, 2.75) is 26.8 Å². The molecular formula is C18H23FN2O3. The molecule has 1 aromatic rings. The number of hydrogen-bond donors (Lipinski definition) is 1. The molecule has 1 atom stereocenters. The lowest BCUT2D eigenvalue weighted by Crippen LogP contribution is -2.38. The quantitative estimate of drug-likeness (QED) is 0.832. The number of hydrogen-bond acceptors (Lipinski definition) is 4. The molecule has 0 unspecified atom stereocenters. The van der Waals surface area contributed by atoms with Crippen molar-refractivity contribution >= 4 is 11.7 Å². The predicted molar refractivity (Wildman–Crippen MR) is 89.0 cm³/mol. The Morgan fingerprint density at radius 1 is 1.25 bits per heavy atom. The highest BCUT2D eigenvalue weighted by molar-refractivity contribution is 6.08. The van der Waals surface area contributed by atoms with Crippen molar-refractivity contribution in [3.8, 4) is 0 Å². The van der Waals surface area contributed by atoms with Gasteiger partial charge in [-0.2, -0.15) is 0 Å². The zero-order valence-corrected chi connectivity index (χ0v) is 14.3. The SMILES string of the molecule is CCN(CC)CCN1C(=O)C(O)=C(C(C)=O)[C@H]1c1ccc(F)cc1. The van der Waals surface area contributed by atoms with Crippen molar-refractivity contribution in [1.29, 1.82) is 0 Å². The van der Waals surface area contributed by atoms with Gasteiger partial charge in [0.2, 0.25) is 0 Å². The Labute approximate surface area is 141 Å². The predicted octanol–water partition coefficient (Wildman–Crippen LogP) is 2.45. The number of carbonyl (C=O) groups excluding carboxylic acids is 2. The van der Waals surface area contributed by atoms with Crippen LogP contribution in [0.3, 0.4) is 0 Å². The molecule has 2 rings (SSSR count). The summed E-state index contributed by atoms with van der Waals surface area (Å²) in [6, 6.07) is 4.98. The van der Waals surface area contributed by atoms with Crippen molar-refractivity contribution < 1.29 is 19.1 Å².